The van der Waals surface area contributed by atoms with Gasteiger partial charge in [0.05, 0.1) is 17.5 Å². The summed E-state index contributed by atoms with van der Waals surface area (Å²) in [6.45, 7) is 4.05. The number of amides is 1. The second-order valence-corrected chi connectivity index (χ2v) is 9.79. The molecule has 1 amide bonds. The highest BCUT2D eigenvalue weighted by atomic mass is 19.4. The van der Waals surface area contributed by atoms with Gasteiger partial charge in [0, 0.05) is 49.0 Å². The SMILES string of the molecule is CCc1cc(Nc2nccn3c(-c4c[nH]nc4C(F)(F)F)cnc23)ccc1C(=O)NC1CC2(CNC2)C1. The fraction of sp³-hybridized carbons (Fsp3) is 0.360. The number of rotatable bonds is 6. The minimum Gasteiger partial charge on any atom is -0.349 e. The highest BCUT2D eigenvalue weighted by molar-refractivity contribution is 5.96. The number of hydrogen-bond donors (Lipinski definition) is 4. The van der Waals surface area contributed by atoms with Crippen molar-refractivity contribution < 1.29 is 18.0 Å². The molecule has 1 aromatic carbocycles. The molecular formula is C25H25F3N8O. The van der Waals surface area contributed by atoms with Crippen LogP contribution in [0.1, 0.15) is 41.4 Å². The predicted octanol–water partition coefficient (Wildman–Crippen LogP) is 3.93. The number of aromatic nitrogens is 5. The van der Waals surface area contributed by atoms with Gasteiger partial charge >= 0.3 is 6.18 Å². The number of nitrogens with one attached hydrogen (secondary N) is 4. The molecule has 1 saturated carbocycles. The minimum atomic E-state index is -4.60. The van der Waals surface area contributed by atoms with Gasteiger partial charge in [0.15, 0.2) is 17.2 Å². The molecule has 0 radical (unpaired) electrons. The van der Waals surface area contributed by atoms with Crippen molar-refractivity contribution in [2.45, 2.75) is 38.4 Å². The highest BCUT2D eigenvalue weighted by Crippen LogP contribution is 2.44. The van der Waals surface area contributed by atoms with Crippen LogP contribution in [0.5, 0.6) is 0 Å². The summed E-state index contributed by atoms with van der Waals surface area (Å²) in [6, 6.07) is 5.68. The lowest BCUT2D eigenvalue weighted by Crippen LogP contribution is -2.65. The fourth-order valence-electron chi connectivity index (χ4n) is 5.35. The summed E-state index contributed by atoms with van der Waals surface area (Å²) in [6.07, 6.45) is 3.66. The van der Waals surface area contributed by atoms with Gasteiger partial charge in [0.1, 0.15) is 0 Å². The van der Waals surface area contributed by atoms with Crippen LogP contribution in [-0.4, -0.2) is 49.6 Å². The Morgan fingerprint density at radius 1 is 1.24 bits per heavy atom. The zero-order valence-electron chi connectivity index (χ0n) is 20.0. The van der Waals surface area contributed by atoms with E-state index in [4.69, 9.17) is 0 Å². The molecule has 1 aliphatic carbocycles. The maximum atomic E-state index is 13.4. The molecule has 1 spiro atoms. The lowest BCUT2D eigenvalue weighted by molar-refractivity contribution is -0.140. The number of aryl methyl sites for hydroxylation is 1. The number of carbonyl (C=O) groups excluding carboxylic acids is 1. The number of alkyl halides is 3. The van der Waals surface area contributed by atoms with E-state index in [1.807, 2.05) is 13.0 Å². The van der Waals surface area contributed by atoms with E-state index in [-0.39, 0.29) is 23.2 Å². The minimum absolute atomic E-state index is 0.0748. The second kappa shape index (κ2) is 8.58. The van der Waals surface area contributed by atoms with E-state index < -0.39 is 11.9 Å². The van der Waals surface area contributed by atoms with Gasteiger partial charge in [-0.3, -0.25) is 14.3 Å². The number of fused-ring (bicyclic) bond motifs is 1. The first-order valence-electron chi connectivity index (χ1n) is 12.1. The average Bonchev–Trinajstić information content (AvgIpc) is 3.47. The zero-order chi connectivity index (χ0) is 25.8. The van der Waals surface area contributed by atoms with Crippen LogP contribution in [0.2, 0.25) is 0 Å². The molecule has 4 aromatic rings. The van der Waals surface area contributed by atoms with E-state index in [0.29, 0.717) is 34.6 Å². The number of H-pyrrole nitrogens is 1. The lowest BCUT2D eigenvalue weighted by Gasteiger charge is -2.54. The normalized spacial score (nSPS) is 17.0. The van der Waals surface area contributed by atoms with Crippen LogP contribution >= 0.6 is 0 Å². The van der Waals surface area contributed by atoms with Crippen LogP contribution < -0.4 is 16.0 Å². The molecule has 192 valence electrons. The molecule has 4 heterocycles. The topological polar surface area (TPSA) is 112 Å². The summed E-state index contributed by atoms with van der Waals surface area (Å²) in [5.74, 6) is 0.299. The Hall–Kier alpha value is -3.93. The largest absolute Gasteiger partial charge is 0.435 e. The van der Waals surface area contributed by atoms with Crippen LogP contribution in [0, 0.1) is 5.41 Å². The van der Waals surface area contributed by atoms with Crippen molar-refractivity contribution in [3.05, 3.63) is 59.8 Å². The Balaban J connectivity index is 1.23. The number of aromatic amines is 1. The zero-order valence-corrected chi connectivity index (χ0v) is 20.0. The maximum Gasteiger partial charge on any atom is 0.435 e. The van der Waals surface area contributed by atoms with Crippen molar-refractivity contribution in [3.63, 3.8) is 0 Å². The van der Waals surface area contributed by atoms with E-state index in [1.165, 1.54) is 23.0 Å². The van der Waals surface area contributed by atoms with E-state index in [9.17, 15) is 18.0 Å². The van der Waals surface area contributed by atoms with Gasteiger partial charge in [-0.05, 0) is 48.4 Å². The van der Waals surface area contributed by atoms with Gasteiger partial charge in [-0.1, -0.05) is 6.92 Å². The fourth-order valence-corrected chi connectivity index (χ4v) is 5.35. The molecule has 9 nitrogen and oxygen atoms in total. The third-order valence-corrected chi connectivity index (χ3v) is 7.30. The van der Waals surface area contributed by atoms with Crippen LogP contribution in [0.3, 0.4) is 0 Å². The van der Waals surface area contributed by atoms with Crippen molar-refractivity contribution >= 4 is 23.1 Å². The monoisotopic (exact) mass is 510 g/mol. The Bertz CT molecular complexity index is 1480. The first-order chi connectivity index (χ1) is 17.8. The number of anilines is 2. The number of carbonyl (C=O) groups is 1. The molecule has 12 heteroatoms. The molecule has 0 bridgehead atoms. The van der Waals surface area contributed by atoms with Crippen molar-refractivity contribution in [1.82, 2.24) is 35.2 Å². The number of hydrogen-bond acceptors (Lipinski definition) is 6. The quantitative estimate of drug-likeness (QED) is 0.313. The molecular weight excluding hydrogens is 485 g/mol. The molecule has 1 saturated heterocycles. The van der Waals surface area contributed by atoms with Crippen molar-refractivity contribution in [2.24, 2.45) is 5.41 Å². The molecule has 0 unspecified atom stereocenters. The van der Waals surface area contributed by atoms with E-state index in [2.05, 4.69) is 36.1 Å². The molecule has 2 fully saturated rings. The van der Waals surface area contributed by atoms with Crippen molar-refractivity contribution in [1.29, 1.82) is 0 Å². The first kappa shape index (κ1) is 23.5. The van der Waals surface area contributed by atoms with Gasteiger partial charge < -0.3 is 16.0 Å². The summed E-state index contributed by atoms with van der Waals surface area (Å²) in [5, 5.41) is 15.3. The number of nitrogens with zero attached hydrogens (tertiary/aromatic N) is 4. The summed E-state index contributed by atoms with van der Waals surface area (Å²) in [5.41, 5.74) is 2.07. The Kier molecular flexibility index (Phi) is 5.44. The highest BCUT2D eigenvalue weighted by Gasteiger charge is 2.48. The predicted molar refractivity (Wildman–Crippen MR) is 130 cm³/mol. The van der Waals surface area contributed by atoms with Crippen molar-refractivity contribution in [2.75, 3.05) is 18.4 Å². The van der Waals surface area contributed by atoms with Crippen LogP contribution in [0.25, 0.3) is 16.9 Å². The van der Waals surface area contributed by atoms with E-state index >= 15 is 0 Å². The van der Waals surface area contributed by atoms with Crippen molar-refractivity contribution in [3.8, 4) is 11.3 Å². The smallest absolute Gasteiger partial charge is 0.349 e. The van der Waals surface area contributed by atoms with Crippen LogP contribution in [0.15, 0.2) is 43.0 Å². The molecule has 6 rings (SSSR count). The summed E-state index contributed by atoms with van der Waals surface area (Å²) in [4.78, 5) is 21.6. The molecule has 2 aliphatic rings. The second-order valence-electron chi connectivity index (χ2n) is 9.79. The standard InChI is InChI=1S/C25H25F3N8O/c1-2-14-7-15(3-4-17(14)23(37)34-16-8-24(9-16)12-29-13-24)33-21-22-31-11-19(36(22)6-5-30-21)18-10-32-35-20(18)25(26,27)28/h3-7,10-11,16,29H,2,8-9,12-13H2,1H3,(H,30,33)(H,32,35)(H,34,37). The van der Waals surface area contributed by atoms with Crippen LogP contribution in [0.4, 0.5) is 24.7 Å². The molecule has 4 N–H and O–H groups in total. The van der Waals surface area contributed by atoms with Crippen LogP contribution in [-0.2, 0) is 12.6 Å². The molecule has 0 atom stereocenters. The molecule has 1 aliphatic heterocycles. The number of imidazole rings is 1. The Morgan fingerprint density at radius 3 is 2.76 bits per heavy atom. The van der Waals surface area contributed by atoms with E-state index in [1.54, 1.807) is 18.3 Å². The third kappa shape index (κ3) is 4.10. The van der Waals surface area contributed by atoms with E-state index in [0.717, 1.165) is 31.5 Å². The number of halogens is 3. The van der Waals surface area contributed by atoms with Gasteiger partial charge in [-0.15, -0.1) is 0 Å². The van der Waals surface area contributed by atoms with Gasteiger partial charge in [-0.2, -0.15) is 18.3 Å². The Morgan fingerprint density at radius 2 is 2.05 bits per heavy atom. The molecule has 3 aromatic heterocycles. The summed E-state index contributed by atoms with van der Waals surface area (Å²) in [7, 11) is 0. The Labute approximate surface area is 209 Å². The third-order valence-electron chi connectivity index (χ3n) is 7.30. The number of benzene rings is 1. The van der Waals surface area contributed by atoms with Gasteiger partial charge in [0.25, 0.3) is 5.91 Å². The summed E-state index contributed by atoms with van der Waals surface area (Å²) >= 11 is 0. The first-order valence-corrected chi connectivity index (χ1v) is 12.1. The molecule has 37 heavy (non-hydrogen) atoms. The summed E-state index contributed by atoms with van der Waals surface area (Å²) < 4.78 is 41.7. The van der Waals surface area contributed by atoms with Gasteiger partial charge in [-0.25, -0.2) is 9.97 Å². The lowest BCUT2D eigenvalue weighted by atomic mass is 9.61. The van der Waals surface area contributed by atoms with Gasteiger partial charge in [0.2, 0.25) is 0 Å². The maximum absolute atomic E-state index is 13.4. The average molecular weight is 511 g/mol.